The zero-order chi connectivity index (χ0) is 18.8. The van der Waals surface area contributed by atoms with E-state index in [-0.39, 0.29) is 18.4 Å². The molecule has 5 heteroatoms. The quantitative estimate of drug-likeness (QED) is 0.736. The van der Waals surface area contributed by atoms with E-state index in [9.17, 15) is 9.59 Å². The van der Waals surface area contributed by atoms with Crippen LogP contribution in [0, 0.1) is 0 Å². The van der Waals surface area contributed by atoms with Gasteiger partial charge in [-0.2, -0.15) is 0 Å². The van der Waals surface area contributed by atoms with Crippen LogP contribution in [0.15, 0.2) is 66.7 Å². The molecule has 1 aliphatic rings. The summed E-state index contributed by atoms with van der Waals surface area (Å²) < 4.78 is 0. The molecule has 3 aromatic carbocycles. The second-order valence-corrected chi connectivity index (χ2v) is 6.68. The fourth-order valence-corrected chi connectivity index (χ4v) is 3.51. The SMILES string of the molecule is CN(CCNC(=O)CN1C(=O)c2cccc3cccc1c23)c1ccccc1. The fraction of sp³-hybridized carbons (Fsp3) is 0.182. The lowest BCUT2D eigenvalue weighted by molar-refractivity contribution is -0.119. The van der Waals surface area contributed by atoms with E-state index in [0.717, 1.165) is 22.1 Å². The molecule has 27 heavy (non-hydrogen) atoms. The third kappa shape index (κ3) is 3.24. The van der Waals surface area contributed by atoms with E-state index in [1.807, 2.05) is 73.8 Å². The number of para-hydroxylation sites is 1. The molecule has 5 nitrogen and oxygen atoms in total. The molecule has 1 aliphatic heterocycles. The van der Waals surface area contributed by atoms with E-state index in [4.69, 9.17) is 0 Å². The van der Waals surface area contributed by atoms with Gasteiger partial charge in [0.25, 0.3) is 5.91 Å². The first-order chi connectivity index (χ1) is 13.1. The fourth-order valence-electron chi connectivity index (χ4n) is 3.51. The molecule has 0 atom stereocenters. The summed E-state index contributed by atoms with van der Waals surface area (Å²) in [6, 6.07) is 21.5. The first-order valence-corrected chi connectivity index (χ1v) is 9.01. The van der Waals surface area contributed by atoms with Gasteiger partial charge in [-0.1, -0.05) is 42.5 Å². The highest BCUT2D eigenvalue weighted by atomic mass is 16.2. The minimum atomic E-state index is -0.158. The normalized spacial score (nSPS) is 12.5. The van der Waals surface area contributed by atoms with Crippen LogP contribution in [0.3, 0.4) is 0 Å². The molecule has 0 spiro atoms. The number of hydrogen-bond acceptors (Lipinski definition) is 3. The van der Waals surface area contributed by atoms with Crippen LogP contribution < -0.4 is 15.1 Å². The minimum absolute atomic E-state index is 0.0294. The summed E-state index contributed by atoms with van der Waals surface area (Å²) in [5.41, 5.74) is 2.58. The minimum Gasteiger partial charge on any atom is -0.373 e. The molecule has 0 saturated carbocycles. The maximum absolute atomic E-state index is 12.7. The number of nitrogens with zero attached hydrogens (tertiary/aromatic N) is 2. The van der Waals surface area contributed by atoms with E-state index in [0.29, 0.717) is 18.7 Å². The lowest BCUT2D eigenvalue weighted by Crippen LogP contribution is -2.41. The second kappa shape index (κ2) is 7.11. The maximum atomic E-state index is 12.7. The van der Waals surface area contributed by atoms with Gasteiger partial charge in [0.05, 0.1) is 5.69 Å². The van der Waals surface area contributed by atoms with Gasteiger partial charge in [0.1, 0.15) is 6.54 Å². The number of hydrogen-bond donors (Lipinski definition) is 1. The van der Waals surface area contributed by atoms with Crippen molar-refractivity contribution in [1.82, 2.24) is 5.32 Å². The molecule has 3 aromatic rings. The Kier molecular flexibility index (Phi) is 4.50. The smallest absolute Gasteiger partial charge is 0.259 e. The molecule has 0 fully saturated rings. The van der Waals surface area contributed by atoms with Crippen LogP contribution in [-0.4, -0.2) is 38.5 Å². The van der Waals surface area contributed by atoms with Crippen molar-refractivity contribution in [2.24, 2.45) is 0 Å². The van der Waals surface area contributed by atoms with Crippen LogP contribution >= 0.6 is 0 Å². The summed E-state index contributed by atoms with van der Waals surface area (Å²) in [5, 5.41) is 4.87. The molecule has 2 amide bonds. The second-order valence-electron chi connectivity index (χ2n) is 6.68. The summed E-state index contributed by atoms with van der Waals surface area (Å²) in [7, 11) is 1.99. The molecule has 4 rings (SSSR count). The van der Waals surface area contributed by atoms with Crippen molar-refractivity contribution in [1.29, 1.82) is 0 Å². The standard InChI is InChI=1S/C22H21N3O2/c1-24(17-9-3-2-4-10-17)14-13-23-20(26)15-25-19-12-6-8-16-7-5-11-18(21(16)19)22(25)27/h2-12H,13-15H2,1H3,(H,23,26). The van der Waals surface area contributed by atoms with Gasteiger partial charge in [-0.05, 0) is 29.7 Å². The molecule has 1 heterocycles. The number of nitrogens with one attached hydrogen (secondary N) is 1. The zero-order valence-electron chi connectivity index (χ0n) is 15.2. The van der Waals surface area contributed by atoms with E-state index >= 15 is 0 Å². The molecular weight excluding hydrogens is 338 g/mol. The van der Waals surface area contributed by atoms with Gasteiger partial charge < -0.3 is 10.2 Å². The van der Waals surface area contributed by atoms with Crippen molar-refractivity contribution < 1.29 is 9.59 Å². The Morgan fingerprint density at radius 1 is 1.00 bits per heavy atom. The summed E-state index contributed by atoms with van der Waals surface area (Å²) in [6.07, 6.45) is 0. The monoisotopic (exact) mass is 359 g/mol. The molecule has 0 aromatic heterocycles. The number of likely N-dealkylation sites (N-methyl/N-ethyl adjacent to an activating group) is 1. The number of anilines is 2. The molecule has 136 valence electrons. The Bertz CT molecular complexity index is 996. The van der Waals surface area contributed by atoms with Crippen molar-refractivity contribution in [2.75, 3.05) is 36.5 Å². The first-order valence-electron chi connectivity index (χ1n) is 9.01. The Morgan fingerprint density at radius 2 is 1.74 bits per heavy atom. The predicted molar refractivity (Wildman–Crippen MR) is 108 cm³/mol. The Hall–Kier alpha value is -3.34. The third-order valence-electron chi connectivity index (χ3n) is 4.92. The molecule has 0 bridgehead atoms. The van der Waals surface area contributed by atoms with Crippen LogP contribution in [0.1, 0.15) is 10.4 Å². The van der Waals surface area contributed by atoms with Crippen LogP contribution in [0.4, 0.5) is 11.4 Å². The van der Waals surface area contributed by atoms with E-state index in [2.05, 4.69) is 10.2 Å². The van der Waals surface area contributed by atoms with E-state index in [1.54, 1.807) is 4.90 Å². The first kappa shape index (κ1) is 17.1. The van der Waals surface area contributed by atoms with E-state index in [1.165, 1.54) is 0 Å². The van der Waals surface area contributed by atoms with Crippen LogP contribution in [0.25, 0.3) is 10.8 Å². The largest absolute Gasteiger partial charge is 0.373 e. The third-order valence-corrected chi connectivity index (χ3v) is 4.92. The highest BCUT2D eigenvalue weighted by Crippen LogP contribution is 2.36. The zero-order valence-corrected chi connectivity index (χ0v) is 15.2. The lowest BCUT2D eigenvalue weighted by Gasteiger charge is -2.20. The number of rotatable bonds is 6. The van der Waals surface area contributed by atoms with Gasteiger partial charge in [0.2, 0.25) is 5.91 Å². The van der Waals surface area contributed by atoms with Gasteiger partial charge >= 0.3 is 0 Å². The number of carbonyl (C=O) groups is 2. The molecule has 0 saturated heterocycles. The van der Waals surface area contributed by atoms with Crippen LogP contribution in [0.5, 0.6) is 0 Å². The van der Waals surface area contributed by atoms with E-state index < -0.39 is 0 Å². The van der Waals surface area contributed by atoms with Crippen LogP contribution in [0.2, 0.25) is 0 Å². The molecule has 1 N–H and O–H groups in total. The van der Waals surface area contributed by atoms with Gasteiger partial charge in [-0.3, -0.25) is 14.5 Å². The van der Waals surface area contributed by atoms with Gasteiger partial charge in [-0.25, -0.2) is 0 Å². The summed E-state index contributed by atoms with van der Waals surface area (Å²) in [4.78, 5) is 28.8. The Balaban J connectivity index is 1.38. The molecule has 0 aliphatic carbocycles. The highest BCUT2D eigenvalue weighted by molar-refractivity contribution is 6.26. The van der Waals surface area contributed by atoms with Crippen molar-refractivity contribution in [3.63, 3.8) is 0 Å². The summed E-state index contributed by atoms with van der Waals surface area (Å²) in [6.45, 7) is 1.24. The van der Waals surface area contributed by atoms with Gasteiger partial charge in [0, 0.05) is 36.8 Å². The van der Waals surface area contributed by atoms with Gasteiger partial charge in [0.15, 0.2) is 0 Å². The number of benzene rings is 3. The maximum Gasteiger partial charge on any atom is 0.259 e. The number of amides is 2. The molecular formula is C22H21N3O2. The van der Waals surface area contributed by atoms with Crippen molar-refractivity contribution in [3.05, 3.63) is 72.3 Å². The topological polar surface area (TPSA) is 52.7 Å². The molecule has 0 unspecified atom stereocenters. The number of carbonyl (C=O) groups excluding carboxylic acids is 2. The lowest BCUT2D eigenvalue weighted by atomic mass is 10.1. The van der Waals surface area contributed by atoms with Crippen molar-refractivity contribution in [3.8, 4) is 0 Å². The highest BCUT2D eigenvalue weighted by Gasteiger charge is 2.30. The predicted octanol–water partition coefficient (Wildman–Crippen LogP) is 3.05. The summed E-state index contributed by atoms with van der Waals surface area (Å²) >= 11 is 0. The summed E-state index contributed by atoms with van der Waals surface area (Å²) in [5.74, 6) is -0.270. The van der Waals surface area contributed by atoms with Crippen molar-refractivity contribution >= 4 is 34.0 Å². The average molecular weight is 359 g/mol. The van der Waals surface area contributed by atoms with Crippen molar-refractivity contribution in [2.45, 2.75) is 0 Å². The average Bonchev–Trinajstić information content (AvgIpc) is 2.97. The van der Waals surface area contributed by atoms with Gasteiger partial charge in [-0.15, -0.1) is 0 Å². The van der Waals surface area contributed by atoms with Crippen LogP contribution in [-0.2, 0) is 4.79 Å². The Labute approximate surface area is 158 Å². The molecule has 0 radical (unpaired) electrons. The Morgan fingerprint density at radius 3 is 2.52 bits per heavy atom.